The number of hydrogen-bond acceptors (Lipinski definition) is 5. The Labute approximate surface area is 100 Å². The van der Waals surface area contributed by atoms with Gasteiger partial charge in [0.25, 0.3) is 0 Å². The van der Waals surface area contributed by atoms with Gasteiger partial charge in [0.1, 0.15) is 10.7 Å². The molecule has 6 heteroatoms. The average Bonchev–Trinajstić information content (AvgIpc) is 2.25. The van der Waals surface area contributed by atoms with E-state index in [0.29, 0.717) is 18.1 Å². The van der Waals surface area contributed by atoms with E-state index in [-0.39, 0.29) is 17.6 Å². The van der Waals surface area contributed by atoms with E-state index < -0.39 is 0 Å². The van der Waals surface area contributed by atoms with E-state index in [0.717, 1.165) is 0 Å². The third-order valence-electron chi connectivity index (χ3n) is 2.15. The van der Waals surface area contributed by atoms with Crippen LogP contribution >= 0.6 is 12.2 Å². The normalized spacial score (nSPS) is 10.5. The minimum absolute atomic E-state index is 0.0472. The monoisotopic (exact) mass is 240 g/mol. The maximum Gasteiger partial charge on any atom is 0.157 e. The summed E-state index contributed by atoms with van der Waals surface area (Å²) in [4.78, 5) is 10.5. The molecule has 0 unspecified atom stereocenters. The maximum absolute atomic E-state index is 9.02. The Bertz CT molecular complexity index is 370. The predicted octanol–water partition coefficient (Wildman–Crippen LogP) is 0.318. The van der Waals surface area contributed by atoms with Gasteiger partial charge in [-0.15, -0.1) is 0 Å². The first-order valence-corrected chi connectivity index (χ1v) is 5.47. The summed E-state index contributed by atoms with van der Waals surface area (Å²) < 4.78 is 0. The first kappa shape index (κ1) is 12.8. The van der Waals surface area contributed by atoms with Crippen LogP contribution in [0.1, 0.15) is 19.5 Å². The highest BCUT2D eigenvalue weighted by Crippen LogP contribution is 2.17. The summed E-state index contributed by atoms with van der Waals surface area (Å²) in [5.41, 5.74) is 6.09. The number of aliphatic hydroxyl groups excluding tert-OH is 1. The van der Waals surface area contributed by atoms with Crippen molar-refractivity contribution in [3.63, 3.8) is 0 Å². The largest absolute Gasteiger partial charge is 0.395 e. The fourth-order valence-electron chi connectivity index (χ4n) is 1.43. The molecule has 0 aliphatic carbocycles. The number of anilines is 1. The van der Waals surface area contributed by atoms with Crippen LogP contribution < -0.4 is 10.6 Å². The van der Waals surface area contributed by atoms with Gasteiger partial charge in [0.15, 0.2) is 5.82 Å². The van der Waals surface area contributed by atoms with Gasteiger partial charge in [-0.2, -0.15) is 0 Å². The van der Waals surface area contributed by atoms with E-state index in [9.17, 15) is 0 Å². The zero-order valence-electron chi connectivity index (χ0n) is 9.42. The zero-order chi connectivity index (χ0) is 12.1. The van der Waals surface area contributed by atoms with Crippen LogP contribution in [0.25, 0.3) is 0 Å². The third-order valence-corrected chi connectivity index (χ3v) is 2.34. The molecule has 16 heavy (non-hydrogen) atoms. The maximum atomic E-state index is 9.02. The Morgan fingerprint density at radius 1 is 1.50 bits per heavy atom. The Morgan fingerprint density at radius 3 is 2.62 bits per heavy atom. The molecule has 0 radical (unpaired) electrons. The molecular weight excluding hydrogens is 224 g/mol. The molecule has 0 amide bonds. The molecule has 88 valence electrons. The van der Waals surface area contributed by atoms with Crippen LogP contribution in [-0.4, -0.2) is 39.3 Å². The Morgan fingerprint density at radius 2 is 2.12 bits per heavy atom. The number of aromatic nitrogens is 2. The summed E-state index contributed by atoms with van der Waals surface area (Å²) in [5.74, 6) is 0.624. The first-order chi connectivity index (χ1) is 7.57. The van der Waals surface area contributed by atoms with Gasteiger partial charge < -0.3 is 15.7 Å². The van der Waals surface area contributed by atoms with Gasteiger partial charge >= 0.3 is 0 Å². The SMILES string of the molecule is CC(C)N(CCO)c1nccnc1C(N)=S. The molecule has 3 N–H and O–H groups in total. The highest BCUT2D eigenvalue weighted by molar-refractivity contribution is 7.80. The summed E-state index contributed by atoms with van der Waals surface area (Å²) in [7, 11) is 0. The molecule has 0 aromatic carbocycles. The smallest absolute Gasteiger partial charge is 0.157 e. The molecule has 0 bridgehead atoms. The van der Waals surface area contributed by atoms with Crippen molar-refractivity contribution >= 4 is 23.0 Å². The van der Waals surface area contributed by atoms with Gasteiger partial charge in [-0.05, 0) is 13.8 Å². The molecule has 0 fully saturated rings. The van der Waals surface area contributed by atoms with Gasteiger partial charge in [0.2, 0.25) is 0 Å². The summed E-state index contributed by atoms with van der Waals surface area (Å²) in [6, 6.07) is 0.192. The molecule has 0 aliphatic rings. The van der Waals surface area contributed by atoms with Crippen molar-refractivity contribution in [2.45, 2.75) is 19.9 Å². The summed E-state index contributed by atoms with van der Waals surface area (Å²) in [6.07, 6.45) is 3.14. The van der Waals surface area contributed by atoms with Crippen molar-refractivity contribution in [3.05, 3.63) is 18.1 Å². The van der Waals surface area contributed by atoms with E-state index in [1.54, 1.807) is 12.4 Å². The second-order valence-electron chi connectivity index (χ2n) is 3.60. The van der Waals surface area contributed by atoms with Crippen LogP contribution in [-0.2, 0) is 0 Å². The van der Waals surface area contributed by atoms with E-state index >= 15 is 0 Å². The van der Waals surface area contributed by atoms with Crippen molar-refractivity contribution in [1.29, 1.82) is 0 Å². The van der Waals surface area contributed by atoms with E-state index in [4.69, 9.17) is 23.1 Å². The summed E-state index contributed by atoms with van der Waals surface area (Å²) >= 11 is 4.93. The molecule has 1 heterocycles. The number of nitrogens with zero attached hydrogens (tertiary/aromatic N) is 3. The molecule has 1 aromatic rings. The molecule has 1 aromatic heterocycles. The van der Waals surface area contributed by atoms with Crippen LogP contribution in [0.5, 0.6) is 0 Å². The molecule has 1 rings (SSSR count). The van der Waals surface area contributed by atoms with E-state index in [1.807, 2.05) is 18.7 Å². The standard InChI is InChI=1S/C10H16N4OS/c1-7(2)14(5-6-15)10-8(9(11)16)12-3-4-13-10/h3-4,7,15H,5-6H2,1-2H3,(H2,11,16). The van der Waals surface area contributed by atoms with Crippen LogP contribution in [0, 0.1) is 0 Å². The molecule has 0 saturated carbocycles. The quantitative estimate of drug-likeness (QED) is 0.722. The van der Waals surface area contributed by atoms with Gasteiger partial charge in [-0.25, -0.2) is 9.97 Å². The predicted molar refractivity (Wildman–Crippen MR) is 67.5 cm³/mol. The van der Waals surface area contributed by atoms with Crippen molar-refractivity contribution < 1.29 is 5.11 Å². The summed E-state index contributed by atoms with van der Waals surface area (Å²) in [5, 5.41) is 9.02. The molecular formula is C10H16N4OS. The lowest BCUT2D eigenvalue weighted by Gasteiger charge is -2.28. The zero-order valence-corrected chi connectivity index (χ0v) is 10.2. The number of aliphatic hydroxyl groups is 1. The van der Waals surface area contributed by atoms with Gasteiger partial charge in [-0.3, -0.25) is 0 Å². The van der Waals surface area contributed by atoms with Crippen molar-refractivity contribution in [2.24, 2.45) is 5.73 Å². The molecule has 0 aliphatic heterocycles. The Balaban J connectivity index is 3.12. The first-order valence-electron chi connectivity index (χ1n) is 5.06. The van der Waals surface area contributed by atoms with Crippen LogP contribution in [0.3, 0.4) is 0 Å². The van der Waals surface area contributed by atoms with Crippen LogP contribution in [0.15, 0.2) is 12.4 Å². The minimum Gasteiger partial charge on any atom is -0.395 e. The fraction of sp³-hybridized carbons (Fsp3) is 0.500. The lowest BCUT2D eigenvalue weighted by Crippen LogP contribution is -2.36. The van der Waals surface area contributed by atoms with Crippen molar-refractivity contribution in [3.8, 4) is 0 Å². The van der Waals surface area contributed by atoms with Crippen LogP contribution in [0.2, 0.25) is 0 Å². The average molecular weight is 240 g/mol. The lowest BCUT2D eigenvalue weighted by atomic mass is 10.2. The number of nitrogens with two attached hydrogens (primary N) is 1. The van der Waals surface area contributed by atoms with Crippen LogP contribution in [0.4, 0.5) is 5.82 Å². The highest BCUT2D eigenvalue weighted by atomic mass is 32.1. The van der Waals surface area contributed by atoms with Gasteiger partial charge in [-0.1, -0.05) is 12.2 Å². The third kappa shape index (κ3) is 2.86. The second-order valence-corrected chi connectivity index (χ2v) is 4.04. The van der Waals surface area contributed by atoms with Crippen molar-refractivity contribution in [2.75, 3.05) is 18.1 Å². The topological polar surface area (TPSA) is 75.3 Å². The highest BCUT2D eigenvalue weighted by Gasteiger charge is 2.17. The summed E-state index contributed by atoms with van der Waals surface area (Å²) in [6.45, 7) is 4.54. The Hall–Kier alpha value is -1.27. The van der Waals surface area contributed by atoms with E-state index in [1.165, 1.54) is 0 Å². The molecule has 5 nitrogen and oxygen atoms in total. The fourth-order valence-corrected chi connectivity index (χ4v) is 1.58. The molecule has 0 saturated heterocycles. The number of thiocarbonyl (C=S) groups is 1. The second kappa shape index (κ2) is 5.72. The van der Waals surface area contributed by atoms with Gasteiger partial charge in [0.05, 0.1) is 6.61 Å². The number of rotatable bonds is 5. The molecule has 0 atom stereocenters. The lowest BCUT2D eigenvalue weighted by molar-refractivity contribution is 0.298. The minimum atomic E-state index is 0.0472. The van der Waals surface area contributed by atoms with Gasteiger partial charge in [0, 0.05) is 25.0 Å². The van der Waals surface area contributed by atoms with E-state index in [2.05, 4.69) is 9.97 Å². The Kier molecular flexibility index (Phi) is 4.57. The number of hydrogen-bond donors (Lipinski definition) is 2. The van der Waals surface area contributed by atoms with Crippen molar-refractivity contribution in [1.82, 2.24) is 9.97 Å². The molecule has 0 spiro atoms.